The van der Waals surface area contributed by atoms with Crippen LogP contribution in [0.3, 0.4) is 0 Å². The highest BCUT2D eigenvalue weighted by molar-refractivity contribution is 5.78. The van der Waals surface area contributed by atoms with Crippen molar-refractivity contribution in [2.75, 3.05) is 17.7 Å². The Morgan fingerprint density at radius 3 is 2.89 bits per heavy atom. The van der Waals surface area contributed by atoms with E-state index in [2.05, 4.69) is 10.3 Å². The number of rotatable bonds is 3. The minimum absolute atomic E-state index is 0.105. The van der Waals surface area contributed by atoms with Crippen LogP contribution in [-0.2, 0) is 0 Å². The van der Waals surface area contributed by atoms with Crippen molar-refractivity contribution in [3.05, 3.63) is 18.2 Å². The summed E-state index contributed by atoms with van der Waals surface area (Å²) in [6.45, 7) is 0.105. The van der Waals surface area contributed by atoms with Crippen molar-refractivity contribution in [2.24, 2.45) is 0 Å². The number of hydrogen-bond acceptors (Lipinski definition) is 5. The van der Waals surface area contributed by atoms with Crippen molar-refractivity contribution in [3.63, 3.8) is 0 Å². The zero-order valence-electron chi connectivity index (χ0n) is 10.1. The van der Waals surface area contributed by atoms with Gasteiger partial charge < -0.3 is 20.6 Å². The van der Waals surface area contributed by atoms with Gasteiger partial charge in [-0.2, -0.15) is 4.98 Å². The molecule has 0 radical (unpaired) electrons. The lowest BCUT2D eigenvalue weighted by molar-refractivity contribution is 0.211. The normalized spacial score (nSPS) is 18.3. The number of oxazole rings is 1. The van der Waals surface area contributed by atoms with Crippen molar-refractivity contribution in [2.45, 2.75) is 31.2 Å². The zero-order chi connectivity index (χ0) is 12.6. The van der Waals surface area contributed by atoms with Crippen LogP contribution >= 0.6 is 0 Å². The van der Waals surface area contributed by atoms with E-state index in [0.717, 1.165) is 31.2 Å². The second-order valence-corrected chi connectivity index (χ2v) is 5.02. The number of fused-ring (bicyclic) bond motifs is 1. The Hall–Kier alpha value is -1.75. The molecule has 1 aromatic heterocycles. The molecule has 1 fully saturated rings. The summed E-state index contributed by atoms with van der Waals surface area (Å²) >= 11 is 0. The van der Waals surface area contributed by atoms with E-state index in [0.29, 0.717) is 17.3 Å². The average Bonchev–Trinajstić information content (AvgIpc) is 2.96. The summed E-state index contributed by atoms with van der Waals surface area (Å²) in [7, 11) is 0. The van der Waals surface area contributed by atoms with Crippen LogP contribution in [0.25, 0.3) is 11.1 Å². The van der Waals surface area contributed by atoms with Gasteiger partial charge in [0.1, 0.15) is 5.52 Å². The van der Waals surface area contributed by atoms with E-state index in [1.165, 1.54) is 0 Å². The number of aliphatic hydroxyl groups is 1. The number of nitrogens with one attached hydrogen (secondary N) is 1. The van der Waals surface area contributed by atoms with E-state index in [9.17, 15) is 5.11 Å². The molecule has 0 atom stereocenters. The van der Waals surface area contributed by atoms with Gasteiger partial charge in [-0.1, -0.05) is 12.8 Å². The fraction of sp³-hybridized carbons (Fsp3) is 0.462. The van der Waals surface area contributed by atoms with E-state index in [4.69, 9.17) is 10.2 Å². The molecule has 0 unspecified atom stereocenters. The first-order chi connectivity index (χ1) is 8.71. The van der Waals surface area contributed by atoms with Crippen LogP contribution in [0.1, 0.15) is 25.7 Å². The third kappa shape index (κ3) is 1.90. The number of nitrogens with zero attached hydrogens (tertiary/aromatic N) is 1. The quantitative estimate of drug-likeness (QED) is 0.723. The molecule has 1 heterocycles. The highest BCUT2D eigenvalue weighted by atomic mass is 16.4. The molecule has 0 bridgehead atoms. The van der Waals surface area contributed by atoms with Crippen molar-refractivity contribution in [1.29, 1.82) is 0 Å². The number of aliphatic hydroxyl groups excluding tert-OH is 1. The molecule has 0 aliphatic heterocycles. The number of benzene rings is 1. The molecule has 5 nitrogen and oxygen atoms in total. The summed E-state index contributed by atoms with van der Waals surface area (Å²) in [6, 6.07) is 5.85. The Balaban J connectivity index is 1.90. The first kappa shape index (κ1) is 11.3. The number of hydrogen-bond donors (Lipinski definition) is 3. The van der Waals surface area contributed by atoms with Crippen molar-refractivity contribution < 1.29 is 9.52 Å². The third-order valence-corrected chi connectivity index (χ3v) is 3.65. The predicted molar refractivity (Wildman–Crippen MR) is 70.3 cm³/mol. The molecular weight excluding hydrogens is 230 g/mol. The Bertz CT molecular complexity index is 558. The minimum Gasteiger partial charge on any atom is -0.423 e. The standard InChI is InChI=1S/C13H17N3O2/c14-9-3-4-10-11(7-9)18-12(15-10)16-13(8-17)5-1-2-6-13/h3-4,7,17H,1-2,5-6,8,14H2,(H,15,16). The maximum Gasteiger partial charge on any atom is 0.296 e. The average molecular weight is 247 g/mol. The second-order valence-electron chi connectivity index (χ2n) is 5.02. The molecule has 0 amide bonds. The van der Waals surface area contributed by atoms with E-state index >= 15 is 0 Å². The van der Waals surface area contributed by atoms with E-state index < -0.39 is 0 Å². The Labute approximate surface area is 105 Å². The van der Waals surface area contributed by atoms with Gasteiger partial charge in [-0.3, -0.25) is 0 Å². The number of nitrogens with two attached hydrogens (primary N) is 1. The van der Waals surface area contributed by atoms with Gasteiger partial charge in [-0.25, -0.2) is 0 Å². The lowest BCUT2D eigenvalue weighted by Gasteiger charge is -2.26. The Kier molecular flexibility index (Phi) is 2.63. The van der Waals surface area contributed by atoms with Crippen molar-refractivity contribution in [3.8, 4) is 0 Å². The van der Waals surface area contributed by atoms with Crippen LogP contribution < -0.4 is 11.1 Å². The van der Waals surface area contributed by atoms with Crippen LogP contribution in [0.4, 0.5) is 11.7 Å². The van der Waals surface area contributed by atoms with Gasteiger partial charge in [-0.15, -0.1) is 0 Å². The number of anilines is 2. The van der Waals surface area contributed by atoms with Gasteiger partial charge in [-0.05, 0) is 25.0 Å². The molecule has 0 spiro atoms. The third-order valence-electron chi connectivity index (χ3n) is 3.65. The van der Waals surface area contributed by atoms with Gasteiger partial charge in [0.05, 0.1) is 12.1 Å². The summed E-state index contributed by atoms with van der Waals surface area (Å²) in [5, 5.41) is 12.8. The van der Waals surface area contributed by atoms with Gasteiger partial charge in [0.25, 0.3) is 6.01 Å². The maximum atomic E-state index is 9.54. The molecule has 0 saturated heterocycles. The van der Waals surface area contributed by atoms with Gasteiger partial charge >= 0.3 is 0 Å². The first-order valence-corrected chi connectivity index (χ1v) is 6.26. The molecule has 1 aromatic carbocycles. The molecule has 2 aromatic rings. The van der Waals surface area contributed by atoms with Crippen LogP contribution in [0.5, 0.6) is 0 Å². The summed E-state index contributed by atoms with van der Waals surface area (Å²) in [5.74, 6) is 0. The fourth-order valence-electron chi connectivity index (χ4n) is 2.60. The zero-order valence-corrected chi connectivity index (χ0v) is 10.1. The van der Waals surface area contributed by atoms with Crippen LogP contribution in [0.2, 0.25) is 0 Å². The minimum atomic E-state index is -0.271. The van der Waals surface area contributed by atoms with Gasteiger partial charge in [0.15, 0.2) is 5.58 Å². The van der Waals surface area contributed by atoms with Gasteiger partial charge in [0.2, 0.25) is 0 Å². The van der Waals surface area contributed by atoms with Gasteiger partial charge in [0, 0.05) is 11.8 Å². The van der Waals surface area contributed by atoms with Crippen LogP contribution in [0.15, 0.2) is 22.6 Å². The molecular formula is C13H17N3O2. The van der Waals surface area contributed by atoms with E-state index in [1.54, 1.807) is 12.1 Å². The van der Waals surface area contributed by atoms with E-state index in [-0.39, 0.29) is 12.1 Å². The highest BCUT2D eigenvalue weighted by Crippen LogP contribution is 2.33. The summed E-state index contributed by atoms with van der Waals surface area (Å²) < 4.78 is 5.62. The smallest absolute Gasteiger partial charge is 0.296 e. The van der Waals surface area contributed by atoms with Crippen molar-refractivity contribution in [1.82, 2.24) is 4.98 Å². The SMILES string of the molecule is Nc1ccc2nc(NC3(CO)CCCC3)oc2c1. The maximum absolute atomic E-state index is 9.54. The second kappa shape index (κ2) is 4.17. The number of nitrogen functional groups attached to an aromatic ring is 1. The Morgan fingerprint density at radius 1 is 1.39 bits per heavy atom. The Morgan fingerprint density at radius 2 is 2.17 bits per heavy atom. The summed E-state index contributed by atoms with van der Waals surface area (Å²) in [5.41, 5.74) is 7.53. The van der Waals surface area contributed by atoms with Crippen LogP contribution in [0, 0.1) is 0 Å². The first-order valence-electron chi connectivity index (χ1n) is 6.26. The molecule has 96 valence electrons. The number of aromatic nitrogens is 1. The molecule has 18 heavy (non-hydrogen) atoms. The molecule has 4 N–H and O–H groups in total. The van der Waals surface area contributed by atoms with Crippen LogP contribution in [-0.4, -0.2) is 22.2 Å². The summed E-state index contributed by atoms with van der Waals surface area (Å²) in [4.78, 5) is 4.37. The molecule has 5 heteroatoms. The summed E-state index contributed by atoms with van der Waals surface area (Å²) in [6.07, 6.45) is 4.15. The highest BCUT2D eigenvalue weighted by Gasteiger charge is 2.34. The fourth-order valence-corrected chi connectivity index (χ4v) is 2.60. The lowest BCUT2D eigenvalue weighted by atomic mass is 9.99. The molecule has 1 aliphatic rings. The lowest BCUT2D eigenvalue weighted by Crippen LogP contribution is -2.39. The molecule has 1 saturated carbocycles. The largest absolute Gasteiger partial charge is 0.423 e. The van der Waals surface area contributed by atoms with Crippen molar-refractivity contribution >= 4 is 22.8 Å². The molecule has 1 aliphatic carbocycles. The van der Waals surface area contributed by atoms with E-state index in [1.807, 2.05) is 6.07 Å². The predicted octanol–water partition coefficient (Wildman–Crippen LogP) is 2.13. The molecule has 3 rings (SSSR count). The monoisotopic (exact) mass is 247 g/mol. The topological polar surface area (TPSA) is 84.3 Å².